The van der Waals surface area contributed by atoms with Gasteiger partial charge in [-0.1, -0.05) is 0 Å². The Balaban J connectivity index is 2.08. The number of nitrogens with one attached hydrogen (secondary N) is 1. The highest BCUT2D eigenvalue weighted by molar-refractivity contribution is 5.99. The van der Waals surface area contributed by atoms with Crippen LogP contribution in [-0.4, -0.2) is 30.6 Å². The summed E-state index contributed by atoms with van der Waals surface area (Å²) in [5.74, 6) is -0.213. The zero-order valence-corrected chi connectivity index (χ0v) is 10.3. The number of carbonyl (C=O) groups is 1. The van der Waals surface area contributed by atoms with Gasteiger partial charge in [-0.25, -0.2) is 0 Å². The average molecular weight is 265 g/mol. The van der Waals surface area contributed by atoms with Gasteiger partial charge in [-0.15, -0.1) is 0 Å². The van der Waals surface area contributed by atoms with Crippen LogP contribution in [0.15, 0.2) is 18.2 Å². The van der Waals surface area contributed by atoms with Crippen molar-refractivity contribution in [2.45, 2.75) is 6.42 Å². The third-order valence-corrected chi connectivity index (χ3v) is 3.04. The zero-order valence-electron chi connectivity index (χ0n) is 10.3. The van der Waals surface area contributed by atoms with Crippen molar-refractivity contribution in [3.8, 4) is 0 Å². The summed E-state index contributed by atoms with van der Waals surface area (Å²) < 4.78 is 5.20. The fourth-order valence-corrected chi connectivity index (χ4v) is 1.97. The van der Waals surface area contributed by atoms with Gasteiger partial charge in [0.25, 0.3) is 11.6 Å². The van der Waals surface area contributed by atoms with Crippen LogP contribution in [0, 0.1) is 16.0 Å². The number of carbonyl (C=O) groups excluding carboxylic acids is 1. The van der Waals surface area contributed by atoms with Crippen LogP contribution < -0.4 is 11.1 Å². The summed E-state index contributed by atoms with van der Waals surface area (Å²) in [4.78, 5) is 22.2. The highest BCUT2D eigenvalue weighted by Crippen LogP contribution is 2.21. The SMILES string of the molecule is Nc1ccc([N+](=O)[O-])c(C(=O)NCC2CCOC2)c1. The fourth-order valence-electron chi connectivity index (χ4n) is 1.97. The summed E-state index contributed by atoms with van der Waals surface area (Å²) >= 11 is 0. The van der Waals surface area contributed by atoms with Crippen molar-refractivity contribution < 1.29 is 14.5 Å². The monoisotopic (exact) mass is 265 g/mol. The molecular formula is C12H15N3O4. The summed E-state index contributed by atoms with van der Waals surface area (Å²) in [5, 5.41) is 13.5. The maximum absolute atomic E-state index is 12.0. The summed E-state index contributed by atoms with van der Waals surface area (Å²) in [6.07, 6.45) is 0.888. The third-order valence-electron chi connectivity index (χ3n) is 3.04. The summed E-state index contributed by atoms with van der Waals surface area (Å²) in [6.45, 7) is 1.75. The average Bonchev–Trinajstić information content (AvgIpc) is 2.88. The molecule has 1 atom stereocenters. The van der Waals surface area contributed by atoms with E-state index in [0.717, 1.165) is 6.42 Å². The summed E-state index contributed by atoms with van der Waals surface area (Å²) in [6, 6.07) is 3.96. The molecule has 1 aromatic rings. The molecular weight excluding hydrogens is 250 g/mol. The topological polar surface area (TPSA) is 107 Å². The van der Waals surface area contributed by atoms with E-state index in [0.29, 0.717) is 25.4 Å². The number of ether oxygens (including phenoxy) is 1. The van der Waals surface area contributed by atoms with E-state index >= 15 is 0 Å². The molecule has 1 aliphatic rings. The van der Waals surface area contributed by atoms with Crippen LogP contribution in [0.4, 0.5) is 11.4 Å². The Hall–Kier alpha value is -2.15. The number of nitro benzene ring substituents is 1. The van der Waals surface area contributed by atoms with Gasteiger partial charge in [0.05, 0.1) is 11.5 Å². The van der Waals surface area contributed by atoms with E-state index in [1.54, 1.807) is 0 Å². The lowest BCUT2D eigenvalue weighted by Crippen LogP contribution is -2.30. The molecule has 1 fully saturated rings. The van der Waals surface area contributed by atoms with E-state index in [4.69, 9.17) is 10.5 Å². The molecule has 0 spiro atoms. The number of rotatable bonds is 4. The normalized spacial score (nSPS) is 18.2. The van der Waals surface area contributed by atoms with Crippen molar-refractivity contribution in [2.24, 2.45) is 5.92 Å². The van der Waals surface area contributed by atoms with Gasteiger partial charge in [0, 0.05) is 30.8 Å². The van der Waals surface area contributed by atoms with Crippen LogP contribution in [-0.2, 0) is 4.74 Å². The van der Waals surface area contributed by atoms with Crippen LogP contribution in [0.25, 0.3) is 0 Å². The second-order valence-corrected chi connectivity index (χ2v) is 4.47. The molecule has 7 nitrogen and oxygen atoms in total. The Bertz CT molecular complexity index is 498. The number of amides is 1. The lowest BCUT2D eigenvalue weighted by atomic mass is 10.1. The molecule has 2 rings (SSSR count). The number of nitro groups is 1. The second-order valence-electron chi connectivity index (χ2n) is 4.47. The van der Waals surface area contributed by atoms with Gasteiger partial charge >= 0.3 is 0 Å². The largest absolute Gasteiger partial charge is 0.399 e. The van der Waals surface area contributed by atoms with E-state index in [9.17, 15) is 14.9 Å². The Morgan fingerprint density at radius 3 is 3.00 bits per heavy atom. The van der Waals surface area contributed by atoms with Crippen molar-refractivity contribution in [2.75, 3.05) is 25.5 Å². The molecule has 1 saturated heterocycles. The first-order valence-corrected chi connectivity index (χ1v) is 5.98. The van der Waals surface area contributed by atoms with Crippen LogP contribution in [0.1, 0.15) is 16.8 Å². The molecule has 1 aliphatic heterocycles. The van der Waals surface area contributed by atoms with Gasteiger partial charge < -0.3 is 15.8 Å². The molecule has 7 heteroatoms. The quantitative estimate of drug-likeness (QED) is 0.478. The van der Waals surface area contributed by atoms with Crippen molar-refractivity contribution in [1.29, 1.82) is 0 Å². The number of hydrogen-bond acceptors (Lipinski definition) is 5. The minimum atomic E-state index is -0.590. The van der Waals surface area contributed by atoms with E-state index < -0.39 is 10.8 Å². The van der Waals surface area contributed by atoms with E-state index in [-0.39, 0.29) is 17.2 Å². The minimum absolute atomic E-state index is 0.0103. The van der Waals surface area contributed by atoms with Crippen LogP contribution >= 0.6 is 0 Å². The summed E-state index contributed by atoms with van der Waals surface area (Å²) in [7, 11) is 0. The second kappa shape index (κ2) is 5.66. The van der Waals surface area contributed by atoms with E-state index in [1.165, 1.54) is 18.2 Å². The lowest BCUT2D eigenvalue weighted by molar-refractivity contribution is -0.385. The zero-order chi connectivity index (χ0) is 13.8. The molecule has 102 valence electrons. The molecule has 1 aromatic carbocycles. The Morgan fingerprint density at radius 1 is 1.58 bits per heavy atom. The van der Waals surface area contributed by atoms with Crippen LogP contribution in [0.2, 0.25) is 0 Å². The molecule has 19 heavy (non-hydrogen) atoms. The molecule has 3 N–H and O–H groups in total. The number of hydrogen-bond donors (Lipinski definition) is 2. The Labute approximate surface area is 109 Å². The molecule has 0 aliphatic carbocycles. The summed E-state index contributed by atoms with van der Waals surface area (Å²) in [5.41, 5.74) is 5.63. The highest BCUT2D eigenvalue weighted by Gasteiger charge is 2.22. The first-order valence-electron chi connectivity index (χ1n) is 5.98. The number of nitrogens with two attached hydrogens (primary N) is 1. The molecule has 1 amide bonds. The molecule has 1 heterocycles. The lowest BCUT2D eigenvalue weighted by Gasteiger charge is -2.10. The first-order chi connectivity index (χ1) is 9.08. The number of benzene rings is 1. The molecule has 0 aromatic heterocycles. The number of nitrogens with zero attached hydrogens (tertiary/aromatic N) is 1. The maximum Gasteiger partial charge on any atom is 0.282 e. The minimum Gasteiger partial charge on any atom is -0.399 e. The Morgan fingerprint density at radius 2 is 2.37 bits per heavy atom. The van der Waals surface area contributed by atoms with Gasteiger partial charge in [0.15, 0.2) is 0 Å². The standard InChI is InChI=1S/C12H15N3O4/c13-9-1-2-11(15(17)18)10(5-9)12(16)14-6-8-3-4-19-7-8/h1-2,5,8H,3-4,6-7,13H2,(H,14,16). The molecule has 0 saturated carbocycles. The van der Waals surface area contributed by atoms with Gasteiger partial charge in [-0.05, 0) is 18.6 Å². The maximum atomic E-state index is 12.0. The smallest absolute Gasteiger partial charge is 0.282 e. The third kappa shape index (κ3) is 3.19. The van der Waals surface area contributed by atoms with Crippen LogP contribution in [0.5, 0.6) is 0 Å². The Kier molecular flexibility index (Phi) is 3.96. The van der Waals surface area contributed by atoms with Crippen molar-refractivity contribution in [1.82, 2.24) is 5.32 Å². The molecule has 0 bridgehead atoms. The number of anilines is 1. The molecule has 0 radical (unpaired) electrons. The van der Waals surface area contributed by atoms with Gasteiger partial charge in [0.2, 0.25) is 0 Å². The van der Waals surface area contributed by atoms with E-state index in [1.807, 2.05) is 0 Å². The highest BCUT2D eigenvalue weighted by atomic mass is 16.6. The number of nitrogen functional groups attached to an aromatic ring is 1. The van der Waals surface area contributed by atoms with E-state index in [2.05, 4.69) is 5.32 Å². The first kappa shape index (κ1) is 13.3. The van der Waals surface area contributed by atoms with Crippen LogP contribution in [0.3, 0.4) is 0 Å². The predicted octanol–water partition coefficient (Wildman–Crippen LogP) is 0.943. The van der Waals surface area contributed by atoms with Gasteiger partial charge in [-0.2, -0.15) is 0 Å². The van der Waals surface area contributed by atoms with Crippen molar-refractivity contribution in [3.05, 3.63) is 33.9 Å². The predicted molar refractivity (Wildman–Crippen MR) is 68.8 cm³/mol. The fraction of sp³-hybridized carbons (Fsp3) is 0.417. The molecule has 1 unspecified atom stereocenters. The van der Waals surface area contributed by atoms with Crippen molar-refractivity contribution >= 4 is 17.3 Å². The van der Waals surface area contributed by atoms with Gasteiger partial charge in [-0.3, -0.25) is 14.9 Å². The van der Waals surface area contributed by atoms with Gasteiger partial charge in [0.1, 0.15) is 5.56 Å². The van der Waals surface area contributed by atoms with Crippen molar-refractivity contribution in [3.63, 3.8) is 0 Å².